The second-order valence-corrected chi connectivity index (χ2v) is 11.4. The predicted octanol–water partition coefficient (Wildman–Crippen LogP) is 9.76. The van der Waals surface area contributed by atoms with Crippen LogP contribution in [0.5, 0.6) is 0 Å². The van der Waals surface area contributed by atoms with Crippen LogP contribution in [0, 0.1) is 11.8 Å². The average molecular weight is 505 g/mol. The van der Waals surface area contributed by atoms with Gasteiger partial charge in [0, 0.05) is 12.8 Å². The number of hydrogen-bond acceptors (Lipinski definition) is 2. The zero-order valence-electron chi connectivity index (χ0n) is 24.8. The number of carbonyl (C=O) groups is 1. The quantitative estimate of drug-likeness (QED) is 0.0634. The highest BCUT2D eigenvalue weighted by atomic mass is 16.5. The lowest BCUT2D eigenvalue weighted by molar-refractivity contribution is -0.900. The molecule has 1 unspecified atom stereocenters. The Kier molecular flexibility index (Phi) is 19.1. The van der Waals surface area contributed by atoms with Crippen molar-refractivity contribution in [2.75, 3.05) is 26.2 Å². The number of hydrogen-bond donors (Lipinski definition) is 0. The summed E-state index contributed by atoms with van der Waals surface area (Å²) in [7, 11) is 0. The molecule has 1 fully saturated rings. The maximum Gasteiger partial charge on any atom is 0.318 e. The number of likely N-dealkylation sites (tertiary alicyclic amines) is 1. The van der Waals surface area contributed by atoms with Crippen LogP contribution in [0.4, 0.5) is 0 Å². The van der Waals surface area contributed by atoms with Crippen molar-refractivity contribution in [3.63, 3.8) is 0 Å². The summed E-state index contributed by atoms with van der Waals surface area (Å²) in [4.78, 5) is 13.1. The molecule has 0 aromatic rings. The molecule has 1 saturated heterocycles. The van der Waals surface area contributed by atoms with Gasteiger partial charge in [-0.3, -0.25) is 9.28 Å². The highest BCUT2D eigenvalue weighted by Crippen LogP contribution is 2.34. The number of carbonyl (C=O) groups excluding carboxylic acids is 1. The zero-order valence-corrected chi connectivity index (χ0v) is 24.8. The molecule has 1 aliphatic heterocycles. The van der Waals surface area contributed by atoms with E-state index < -0.39 is 0 Å². The summed E-state index contributed by atoms with van der Waals surface area (Å²) >= 11 is 0. The summed E-state index contributed by atoms with van der Waals surface area (Å²) in [6, 6.07) is 0. The van der Waals surface area contributed by atoms with Gasteiger partial charge in [0.05, 0.1) is 26.2 Å². The van der Waals surface area contributed by atoms with Crippen molar-refractivity contribution in [1.29, 1.82) is 0 Å². The first kappa shape index (κ1) is 32.9. The van der Waals surface area contributed by atoms with Gasteiger partial charge in [0.2, 0.25) is 0 Å². The van der Waals surface area contributed by atoms with Crippen LogP contribution in [0.3, 0.4) is 0 Å². The SMILES string of the molecule is C=CC1CC[N+](CCCCCCCC)(C(=CC)C(C)C(=O)OCCCCCCCCCCCC)CC1. The molecule has 1 aliphatic rings. The van der Waals surface area contributed by atoms with Crippen molar-refractivity contribution < 1.29 is 14.0 Å². The highest BCUT2D eigenvalue weighted by Gasteiger charge is 2.40. The number of quaternary nitrogens is 1. The Morgan fingerprint density at radius 2 is 1.31 bits per heavy atom. The molecular formula is C33H62NO2+. The molecular weight excluding hydrogens is 442 g/mol. The van der Waals surface area contributed by atoms with Gasteiger partial charge in [0.25, 0.3) is 0 Å². The van der Waals surface area contributed by atoms with E-state index in [0.29, 0.717) is 12.5 Å². The Balaban J connectivity index is 2.47. The summed E-state index contributed by atoms with van der Waals surface area (Å²) in [5.74, 6) is 0.446. The Morgan fingerprint density at radius 3 is 1.78 bits per heavy atom. The van der Waals surface area contributed by atoms with Gasteiger partial charge >= 0.3 is 5.97 Å². The third kappa shape index (κ3) is 12.9. The zero-order chi connectivity index (χ0) is 26.5. The van der Waals surface area contributed by atoms with E-state index in [1.807, 2.05) is 0 Å². The van der Waals surface area contributed by atoms with Crippen LogP contribution in [0.25, 0.3) is 0 Å². The molecule has 0 N–H and O–H groups in total. The summed E-state index contributed by atoms with van der Waals surface area (Å²) in [5.41, 5.74) is 1.29. The van der Waals surface area contributed by atoms with E-state index in [4.69, 9.17) is 4.74 Å². The number of rotatable bonds is 22. The van der Waals surface area contributed by atoms with Crippen LogP contribution in [0.1, 0.15) is 143 Å². The topological polar surface area (TPSA) is 26.3 Å². The summed E-state index contributed by atoms with van der Waals surface area (Å²) in [5, 5.41) is 0. The molecule has 210 valence electrons. The van der Waals surface area contributed by atoms with Crippen molar-refractivity contribution in [3.8, 4) is 0 Å². The number of ether oxygens (including phenoxy) is 1. The first-order chi connectivity index (χ1) is 17.5. The molecule has 0 aliphatic carbocycles. The summed E-state index contributed by atoms with van der Waals surface area (Å²) < 4.78 is 6.79. The molecule has 0 saturated carbocycles. The first-order valence-electron chi connectivity index (χ1n) is 15.9. The Bertz CT molecular complexity index is 588. The maximum atomic E-state index is 13.1. The number of piperidine rings is 1. The fraction of sp³-hybridized carbons (Fsp3) is 0.848. The molecule has 0 spiro atoms. The van der Waals surface area contributed by atoms with Gasteiger partial charge in [-0.05, 0) is 45.1 Å². The van der Waals surface area contributed by atoms with Gasteiger partial charge in [-0.2, -0.15) is 0 Å². The number of unbranched alkanes of at least 4 members (excludes halogenated alkanes) is 14. The Morgan fingerprint density at radius 1 is 0.833 bits per heavy atom. The summed E-state index contributed by atoms with van der Waals surface area (Å²) in [6.07, 6.45) is 27.6. The van der Waals surface area contributed by atoms with Gasteiger partial charge in [-0.25, -0.2) is 0 Å². The van der Waals surface area contributed by atoms with E-state index in [0.717, 1.165) is 30.5 Å². The fourth-order valence-corrected chi connectivity index (χ4v) is 6.07. The standard InChI is InChI=1S/C33H62NO2/c1-6-10-12-14-16-17-18-19-21-23-29-36-33(35)30(5)32(9-4)34(26-22-20-15-13-11-7-2)27-24-31(8-3)25-28-34/h8-9,30-31H,3,6-7,10-29H2,1-2,4-5H3/q+1. The van der Waals surface area contributed by atoms with Gasteiger partial charge in [0.1, 0.15) is 11.6 Å². The highest BCUT2D eigenvalue weighted by molar-refractivity contribution is 5.74. The third-order valence-electron chi connectivity index (χ3n) is 8.51. The van der Waals surface area contributed by atoms with Crippen LogP contribution in [0.15, 0.2) is 24.4 Å². The largest absolute Gasteiger partial charge is 0.465 e. The van der Waals surface area contributed by atoms with Crippen molar-refractivity contribution in [3.05, 3.63) is 24.4 Å². The molecule has 3 heteroatoms. The van der Waals surface area contributed by atoms with Gasteiger partial charge in [-0.15, -0.1) is 6.58 Å². The van der Waals surface area contributed by atoms with Gasteiger partial charge in [0.15, 0.2) is 0 Å². The minimum atomic E-state index is -0.154. The average Bonchev–Trinajstić information content (AvgIpc) is 2.90. The molecule has 0 radical (unpaired) electrons. The van der Waals surface area contributed by atoms with E-state index in [9.17, 15) is 4.79 Å². The van der Waals surface area contributed by atoms with Crippen LogP contribution >= 0.6 is 0 Å². The predicted molar refractivity (Wildman–Crippen MR) is 157 cm³/mol. The van der Waals surface area contributed by atoms with E-state index in [1.165, 1.54) is 115 Å². The molecule has 3 nitrogen and oxygen atoms in total. The fourth-order valence-electron chi connectivity index (χ4n) is 6.07. The van der Waals surface area contributed by atoms with Crippen LogP contribution < -0.4 is 0 Å². The van der Waals surface area contributed by atoms with Crippen molar-refractivity contribution in [2.45, 2.75) is 143 Å². The number of allylic oxidation sites excluding steroid dienone is 2. The molecule has 0 aromatic carbocycles. The third-order valence-corrected chi connectivity index (χ3v) is 8.51. The van der Waals surface area contributed by atoms with Crippen LogP contribution in [-0.2, 0) is 9.53 Å². The lowest BCUT2D eigenvalue weighted by Gasteiger charge is -2.45. The minimum absolute atomic E-state index is 0.0229. The molecule has 1 rings (SSSR count). The van der Waals surface area contributed by atoms with Gasteiger partial charge < -0.3 is 4.74 Å². The normalized spacial score (nSPS) is 21.3. The number of nitrogens with zero attached hydrogens (tertiary/aromatic N) is 1. The Hall–Kier alpha value is -1.09. The van der Waals surface area contributed by atoms with Gasteiger partial charge in [-0.1, -0.05) is 103 Å². The van der Waals surface area contributed by atoms with E-state index in [1.54, 1.807) is 0 Å². The smallest absolute Gasteiger partial charge is 0.318 e. The monoisotopic (exact) mass is 504 g/mol. The van der Waals surface area contributed by atoms with E-state index >= 15 is 0 Å². The molecule has 0 aromatic heterocycles. The molecule has 1 atom stereocenters. The van der Waals surface area contributed by atoms with E-state index in [2.05, 4.69) is 46.4 Å². The van der Waals surface area contributed by atoms with Crippen LogP contribution in [-0.4, -0.2) is 36.7 Å². The molecule has 1 heterocycles. The minimum Gasteiger partial charge on any atom is -0.465 e. The lowest BCUT2D eigenvalue weighted by atomic mass is 9.91. The van der Waals surface area contributed by atoms with Crippen molar-refractivity contribution >= 4 is 5.97 Å². The van der Waals surface area contributed by atoms with Crippen molar-refractivity contribution in [1.82, 2.24) is 0 Å². The van der Waals surface area contributed by atoms with E-state index in [-0.39, 0.29) is 11.9 Å². The molecule has 0 bridgehead atoms. The lowest BCUT2D eigenvalue weighted by Crippen LogP contribution is -2.54. The number of esters is 1. The second-order valence-electron chi connectivity index (χ2n) is 11.4. The van der Waals surface area contributed by atoms with Crippen molar-refractivity contribution in [2.24, 2.45) is 11.8 Å². The molecule has 0 amide bonds. The first-order valence-corrected chi connectivity index (χ1v) is 15.9. The summed E-state index contributed by atoms with van der Waals surface area (Å²) in [6.45, 7) is 16.8. The molecule has 36 heavy (non-hydrogen) atoms. The van der Waals surface area contributed by atoms with Crippen LogP contribution in [0.2, 0.25) is 0 Å². The maximum absolute atomic E-state index is 13.1. The second kappa shape index (κ2) is 20.9. The Labute approximate surface area is 225 Å².